The van der Waals surface area contributed by atoms with Gasteiger partial charge in [-0.2, -0.15) is 5.10 Å². The van der Waals surface area contributed by atoms with Gasteiger partial charge >= 0.3 is 5.97 Å². The van der Waals surface area contributed by atoms with Gasteiger partial charge < -0.3 is 13.7 Å². The first-order valence-electron chi connectivity index (χ1n) is 9.15. The maximum Gasteiger partial charge on any atom is 0.373 e. The molecule has 3 aromatic heterocycles. The number of carbonyl (C=O) groups is 2. The first-order valence-corrected chi connectivity index (χ1v) is 9.15. The summed E-state index contributed by atoms with van der Waals surface area (Å²) < 4.78 is 12.2. The van der Waals surface area contributed by atoms with E-state index in [4.69, 9.17) is 4.42 Å². The van der Waals surface area contributed by atoms with E-state index in [0.717, 1.165) is 16.5 Å². The standard InChI is InChI=1S/C22H18N4O4/c1-29-22(28)20-10-9-16(30-20)14-26-13-15(17-6-2-3-8-19(17)26)12-24-25-21(27)18-7-4-5-11-23-18/h2-13H,14H2,1H3,(H,25,27)/b24-12-. The van der Waals surface area contributed by atoms with E-state index in [0.29, 0.717) is 12.3 Å². The highest BCUT2D eigenvalue weighted by molar-refractivity contribution is 6.00. The van der Waals surface area contributed by atoms with Crippen LogP contribution in [0.2, 0.25) is 0 Å². The lowest BCUT2D eigenvalue weighted by molar-refractivity contribution is 0.0562. The van der Waals surface area contributed by atoms with Crippen molar-refractivity contribution in [3.8, 4) is 0 Å². The van der Waals surface area contributed by atoms with Gasteiger partial charge in [0.1, 0.15) is 11.5 Å². The Labute approximate surface area is 171 Å². The molecule has 150 valence electrons. The molecule has 0 fully saturated rings. The number of hydrogen-bond donors (Lipinski definition) is 1. The summed E-state index contributed by atoms with van der Waals surface area (Å²) in [5.41, 5.74) is 4.56. The van der Waals surface area contributed by atoms with Gasteiger partial charge in [0.15, 0.2) is 0 Å². The number of para-hydroxylation sites is 1. The van der Waals surface area contributed by atoms with Crippen molar-refractivity contribution in [1.82, 2.24) is 15.0 Å². The number of pyridine rings is 1. The second-order valence-corrected chi connectivity index (χ2v) is 6.40. The topological polar surface area (TPSA) is 98.7 Å². The van der Waals surface area contributed by atoms with Crippen molar-refractivity contribution in [3.05, 3.63) is 89.8 Å². The number of nitrogens with one attached hydrogen (secondary N) is 1. The number of benzene rings is 1. The molecule has 30 heavy (non-hydrogen) atoms. The number of hydrazone groups is 1. The predicted molar refractivity (Wildman–Crippen MR) is 110 cm³/mol. The minimum Gasteiger partial charge on any atom is -0.463 e. The van der Waals surface area contributed by atoms with Crippen LogP contribution in [-0.2, 0) is 11.3 Å². The monoisotopic (exact) mass is 402 g/mol. The number of esters is 1. The molecule has 0 saturated heterocycles. The number of carbonyl (C=O) groups excluding carboxylic acids is 2. The molecule has 0 atom stereocenters. The van der Waals surface area contributed by atoms with E-state index in [9.17, 15) is 9.59 Å². The minimum absolute atomic E-state index is 0.156. The van der Waals surface area contributed by atoms with E-state index in [1.807, 2.05) is 35.0 Å². The van der Waals surface area contributed by atoms with Crippen LogP contribution in [0.15, 0.2) is 76.5 Å². The van der Waals surface area contributed by atoms with Crippen LogP contribution in [0.25, 0.3) is 10.9 Å². The quantitative estimate of drug-likeness (QED) is 0.303. The first-order chi connectivity index (χ1) is 14.7. The number of hydrogen-bond acceptors (Lipinski definition) is 6. The molecular weight excluding hydrogens is 384 g/mol. The Morgan fingerprint density at radius 3 is 2.80 bits per heavy atom. The lowest BCUT2D eigenvalue weighted by Crippen LogP contribution is -2.18. The molecule has 0 bridgehead atoms. The van der Waals surface area contributed by atoms with E-state index in [1.54, 1.807) is 42.7 Å². The molecule has 0 unspecified atom stereocenters. The van der Waals surface area contributed by atoms with Crippen LogP contribution in [-0.4, -0.2) is 34.8 Å². The van der Waals surface area contributed by atoms with Crippen LogP contribution >= 0.6 is 0 Å². The van der Waals surface area contributed by atoms with Crippen molar-refractivity contribution in [2.45, 2.75) is 6.54 Å². The van der Waals surface area contributed by atoms with E-state index in [-0.39, 0.29) is 17.4 Å². The van der Waals surface area contributed by atoms with E-state index < -0.39 is 5.97 Å². The molecule has 0 radical (unpaired) electrons. The third-order valence-electron chi connectivity index (χ3n) is 4.46. The van der Waals surface area contributed by atoms with Crippen LogP contribution in [0.1, 0.15) is 32.4 Å². The summed E-state index contributed by atoms with van der Waals surface area (Å²) in [6.07, 6.45) is 5.04. The Morgan fingerprint density at radius 1 is 1.17 bits per heavy atom. The number of furan rings is 1. The second-order valence-electron chi connectivity index (χ2n) is 6.40. The maximum absolute atomic E-state index is 12.1. The number of methoxy groups -OCH3 is 1. The van der Waals surface area contributed by atoms with Crippen molar-refractivity contribution in [1.29, 1.82) is 0 Å². The smallest absolute Gasteiger partial charge is 0.373 e. The normalized spacial score (nSPS) is 11.1. The van der Waals surface area contributed by atoms with Crippen LogP contribution in [0.4, 0.5) is 0 Å². The molecule has 4 rings (SSSR count). The average molecular weight is 402 g/mol. The molecule has 0 aliphatic heterocycles. The zero-order valence-electron chi connectivity index (χ0n) is 16.1. The summed E-state index contributed by atoms with van der Waals surface area (Å²) in [5.74, 6) is -0.136. The fraction of sp³-hybridized carbons (Fsp3) is 0.0909. The van der Waals surface area contributed by atoms with Crippen molar-refractivity contribution in [3.63, 3.8) is 0 Å². The molecule has 0 spiro atoms. The fourth-order valence-corrected chi connectivity index (χ4v) is 3.06. The van der Waals surface area contributed by atoms with Gasteiger partial charge in [0.2, 0.25) is 5.76 Å². The summed E-state index contributed by atoms with van der Waals surface area (Å²) in [5, 5.41) is 5.03. The van der Waals surface area contributed by atoms with E-state index in [1.165, 1.54) is 7.11 Å². The third kappa shape index (κ3) is 3.97. The molecule has 8 nitrogen and oxygen atoms in total. The number of aromatic nitrogens is 2. The predicted octanol–water partition coefficient (Wildman–Crippen LogP) is 3.23. The number of nitrogens with zero attached hydrogens (tertiary/aromatic N) is 3. The Bertz CT molecular complexity index is 1220. The second kappa shape index (κ2) is 8.44. The molecule has 3 heterocycles. The van der Waals surface area contributed by atoms with Crippen LogP contribution < -0.4 is 5.43 Å². The molecule has 8 heteroatoms. The van der Waals surface area contributed by atoms with Gasteiger partial charge in [0.05, 0.1) is 19.9 Å². The van der Waals surface area contributed by atoms with Gasteiger partial charge in [-0.1, -0.05) is 24.3 Å². The van der Waals surface area contributed by atoms with Gasteiger partial charge in [0.25, 0.3) is 5.91 Å². The molecule has 1 amide bonds. The minimum atomic E-state index is -0.518. The molecule has 0 aliphatic rings. The number of ether oxygens (including phenoxy) is 1. The van der Waals surface area contributed by atoms with Crippen LogP contribution in [0, 0.1) is 0 Å². The first kappa shape index (κ1) is 19.1. The Kier molecular flexibility index (Phi) is 5.38. The summed E-state index contributed by atoms with van der Waals surface area (Å²) in [6.45, 7) is 0.422. The van der Waals surface area contributed by atoms with Gasteiger partial charge in [-0.25, -0.2) is 10.2 Å². The highest BCUT2D eigenvalue weighted by atomic mass is 16.5. The molecule has 4 aromatic rings. The number of rotatable bonds is 6. The lowest BCUT2D eigenvalue weighted by Gasteiger charge is -2.02. The maximum atomic E-state index is 12.1. The van der Waals surface area contributed by atoms with Gasteiger partial charge in [-0.05, 0) is 30.3 Å². The SMILES string of the molecule is COC(=O)c1ccc(Cn2cc(/C=N\NC(=O)c3ccccn3)c3ccccc32)o1. The molecule has 0 aliphatic carbocycles. The molecule has 1 aromatic carbocycles. The molecule has 1 N–H and O–H groups in total. The highest BCUT2D eigenvalue weighted by Gasteiger charge is 2.13. The summed E-state index contributed by atoms with van der Waals surface area (Å²) in [4.78, 5) is 27.7. The lowest BCUT2D eigenvalue weighted by atomic mass is 10.2. The van der Waals surface area contributed by atoms with Gasteiger partial charge in [-0.3, -0.25) is 9.78 Å². The largest absolute Gasteiger partial charge is 0.463 e. The van der Waals surface area contributed by atoms with Crippen LogP contribution in [0.5, 0.6) is 0 Å². The Balaban J connectivity index is 1.55. The highest BCUT2D eigenvalue weighted by Crippen LogP contribution is 2.22. The van der Waals surface area contributed by atoms with Gasteiger partial charge in [-0.15, -0.1) is 0 Å². The number of fused-ring (bicyclic) bond motifs is 1. The zero-order valence-corrected chi connectivity index (χ0v) is 16.1. The van der Waals surface area contributed by atoms with Crippen molar-refractivity contribution < 1.29 is 18.7 Å². The van der Waals surface area contributed by atoms with Gasteiger partial charge in [0, 0.05) is 28.9 Å². The third-order valence-corrected chi connectivity index (χ3v) is 4.46. The molecular formula is C22H18N4O4. The van der Waals surface area contributed by atoms with E-state index >= 15 is 0 Å². The summed E-state index contributed by atoms with van der Waals surface area (Å²) in [6, 6.07) is 16.2. The zero-order chi connectivity index (χ0) is 20.9. The fourth-order valence-electron chi connectivity index (χ4n) is 3.06. The molecule has 0 saturated carbocycles. The Morgan fingerprint density at radius 2 is 2.00 bits per heavy atom. The van der Waals surface area contributed by atoms with Crippen molar-refractivity contribution in [2.24, 2.45) is 5.10 Å². The summed E-state index contributed by atoms with van der Waals surface area (Å²) in [7, 11) is 1.31. The van der Waals surface area contributed by atoms with Crippen molar-refractivity contribution in [2.75, 3.05) is 7.11 Å². The van der Waals surface area contributed by atoms with Crippen molar-refractivity contribution >= 4 is 29.0 Å². The van der Waals surface area contributed by atoms with E-state index in [2.05, 4.69) is 20.2 Å². The summed E-state index contributed by atoms with van der Waals surface area (Å²) >= 11 is 0. The van der Waals surface area contributed by atoms with Crippen LogP contribution in [0.3, 0.4) is 0 Å². The Hall–Kier alpha value is -4.20. The number of amides is 1. The average Bonchev–Trinajstić information content (AvgIpc) is 3.39.